The van der Waals surface area contributed by atoms with Crippen molar-refractivity contribution in [1.29, 1.82) is 0 Å². The number of fused-ring (bicyclic) bond motifs is 4. The number of aromatic nitrogens is 1. The third kappa shape index (κ3) is 3.94. The number of nitrogens with two attached hydrogens (primary N) is 2. The Morgan fingerprint density at radius 1 is 0.500 bits per heavy atom. The number of rotatable bonds is 5. The van der Waals surface area contributed by atoms with Crippen molar-refractivity contribution in [3.05, 3.63) is 158 Å². The summed E-state index contributed by atoms with van der Waals surface area (Å²) in [6.07, 6.45) is 4.96. The summed E-state index contributed by atoms with van der Waals surface area (Å²) in [4.78, 5) is 4.98. The van der Waals surface area contributed by atoms with Gasteiger partial charge in [-0.1, -0.05) is 121 Å². The fraction of sp³-hybridized carbons (Fsp3) is 0. The van der Waals surface area contributed by atoms with Gasteiger partial charge in [-0.3, -0.25) is 0 Å². The molecule has 0 saturated heterocycles. The number of benzene rings is 6. The van der Waals surface area contributed by atoms with E-state index in [4.69, 9.17) is 16.5 Å². The molecule has 6 aromatic carbocycles. The molecule has 0 fully saturated rings. The topological polar surface area (TPSA) is 64.9 Å². The standard InChI is InChI=1S/C41H29N3/c42-25-11-20-34(43)36-22-10-21-35(44-36)28-23-24-33-39-29(28)18-9-19-32(39)40-37(26-12-3-1-4-13-26)30-16-7-8-17-31(30)38(41(33)40)27-14-5-2-6-15-27/h1-25H,42-43H2/b25-11-,34-20-. The molecule has 1 heterocycles. The van der Waals surface area contributed by atoms with Crippen LogP contribution in [0.1, 0.15) is 5.69 Å². The normalized spacial score (nSPS) is 12.3. The van der Waals surface area contributed by atoms with Crippen molar-refractivity contribution < 1.29 is 0 Å². The molecule has 8 rings (SSSR count). The molecule has 0 bridgehead atoms. The molecular formula is C41H29N3. The smallest absolute Gasteiger partial charge is 0.0866 e. The third-order valence-corrected chi connectivity index (χ3v) is 8.63. The van der Waals surface area contributed by atoms with Gasteiger partial charge < -0.3 is 11.5 Å². The van der Waals surface area contributed by atoms with E-state index < -0.39 is 0 Å². The maximum absolute atomic E-state index is 6.34. The van der Waals surface area contributed by atoms with Gasteiger partial charge in [-0.05, 0) is 96.5 Å². The maximum atomic E-state index is 6.34. The first kappa shape index (κ1) is 25.8. The SMILES string of the molecule is N/C=C\C=C(/N)c1cccc(-c2ccc3c4c(cccc24)-c2c-3c(-c3ccccc3)c3ccccc3c2-c2ccccc2)n1. The lowest BCUT2D eigenvalue weighted by Gasteiger charge is -2.20. The summed E-state index contributed by atoms with van der Waals surface area (Å²) in [5, 5.41) is 4.94. The minimum absolute atomic E-state index is 0.568. The van der Waals surface area contributed by atoms with Crippen molar-refractivity contribution in [2.75, 3.05) is 0 Å². The Bertz CT molecular complexity index is 2190. The van der Waals surface area contributed by atoms with Crippen molar-refractivity contribution in [1.82, 2.24) is 4.98 Å². The molecule has 3 heteroatoms. The molecule has 0 saturated carbocycles. The van der Waals surface area contributed by atoms with Crippen LogP contribution in [0.4, 0.5) is 0 Å². The highest BCUT2D eigenvalue weighted by Crippen LogP contribution is 2.58. The minimum Gasteiger partial charge on any atom is -0.405 e. The molecule has 1 aromatic heterocycles. The largest absolute Gasteiger partial charge is 0.405 e. The minimum atomic E-state index is 0.568. The molecule has 0 radical (unpaired) electrons. The highest BCUT2D eigenvalue weighted by atomic mass is 14.8. The van der Waals surface area contributed by atoms with Gasteiger partial charge >= 0.3 is 0 Å². The Morgan fingerprint density at radius 2 is 1.05 bits per heavy atom. The van der Waals surface area contributed by atoms with Crippen LogP contribution in [0.5, 0.6) is 0 Å². The summed E-state index contributed by atoms with van der Waals surface area (Å²) in [5.74, 6) is 0. The lowest BCUT2D eigenvalue weighted by molar-refractivity contribution is 1.26. The van der Waals surface area contributed by atoms with Crippen LogP contribution < -0.4 is 11.5 Å². The Balaban J connectivity index is 1.48. The second kappa shape index (κ2) is 10.4. The molecule has 7 aromatic rings. The molecule has 0 amide bonds. The molecule has 44 heavy (non-hydrogen) atoms. The highest BCUT2D eigenvalue weighted by molar-refractivity contribution is 6.28. The molecule has 208 valence electrons. The predicted molar refractivity (Wildman–Crippen MR) is 185 cm³/mol. The molecule has 3 nitrogen and oxygen atoms in total. The van der Waals surface area contributed by atoms with E-state index in [-0.39, 0.29) is 0 Å². The van der Waals surface area contributed by atoms with Gasteiger partial charge in [0.1, 0.15) is 0 Å². The van der Waals surface area contributed by atoms with E-state index in [1.54, 1.807) is 12.2 Å². The second-order valence-electron chi connectivity index (χ2n) is 11.1. The van der Waals surface area contributed by atoms with Crippen LogP contribution in [0.25, 0.3) is 83.0 Å². The zero-order valence-electron chi connectivity index (χ0n) is 24.0. The molecule has 1 aliphatic rings. The van der Waals surface area contributed by atoms with E-state index in [9.17, 15) is 0 Å². The quantitative estimate of drug-likeness (QED) is 0.205. The van der Waals surface area contributed by atoms with Crippen molar-refractivity contribution in [2.45, 2.75) is 0 Å². The highest BCUT2D eigenvalue weighted by Gasteiger charge is 2.31. The fourth-order valence-corrected chi connectivity index (χ4v) is 6.82. The number of allylic oxidation sites excluding steroid dienone is 2. The lowest BCUT2D eigenvalue weighted by atomic mass is 9.82. The van der Waals surface area contributed by atoms with Gasteiger partial charge in [0.25, 0.3) is 0 Å². The fourth-order valence-electron chi connectivity index (χ4n) is 6.82. The van der Waals surface area contributed by atoms with E-state index >= 15 is 0 Å². The van der Waals surface area contributed by atoms with Crippen molar-refractivity contribution in [2.24, 2.45) is 11.5 Å². The number of hydrogen-bond donors (Lipinski definition) is 2. The van der Waals surface area contributed by atoms with Crippen molar-refractivity contribution in [3.8, 4) is 55.8 Å². The van der Waals surface area contributed by atoms with Crippen LogP contribution in [0.2, 0.25) is 0 Å². The van der Waals surface area contributed by atoms with Gasteiger partial charge in [-0.15, -0.1) is 0 Å². The van der Waals surface area contributed by atoms with E-state index in [1.807, 2.05) is 12.1 Å². The van der Waals surface area contributed by atoms with Crippen molar-refractivity contribution in [3.63, 3.8) is 0 Å². The van der Waals surface area contributed by atoms with E-state index in [1.165, 1.54) is 72.3 Å². The molecule has 1 aliphatic carbocycles. The molecule has 0 aliphatic heterocycles. The Labute approximate surface area is 256 Å². The van der Waals surface area contributed by atoms with Crippen LogP contribution in [-0.4, -0.2) is 4.98 Å². The van der Waals surface area contributed by atoms with E-state index in [0.717, 1.165) is 17.0 Å². The maximum Gasteiger partial charge on any atom is 0.0866 e. The number of hydrogen-bond acceptors (Lipinski definition) is 3. The van der Waals surface area contributed by atoms with Gasteiger partial charge in [0, 0.05) is 5.56 Å². The van der Waals surface area contributed by atoms with Crippen molar-refractivity contribution >= 4 is 27.2 Å². The summed E-state index contributed by atoms with van der Waals surface area (Å²) in [7, 11) is 0. The third-order valence-electron chi connectivity index (χ3n) is 8.63. The molecule has 0 spiro atoms. The zero-order chi connectivity index (χ0) is 29.6. The van der Waals surface area contributed by atoms with Crippen LogP contribution >= 0.6 is 0 Å². The van der Waals surface area contributed by atoms with Gasteiger partial charge in [0.15, 0.2) is 0 Å². The molecule has 0 unspecified atom stereocenters. The van der Waals surface area contributed by atoms with Crippen LogP contribution in [0, 0.1) is 0 Å². The first-order chi connectivity index (χ1) is 21.7. The molecule has 0 atom stereocenters. The van der Waals surface area contributed by atoms with Gasteiger partial charge in [0.05, 0.1) is 17.1 Å². The summed E-state index contributed by atoms with van der Waals surface area (Å²) in [6, 6.07) is 47.6. The average Bonchev–Trinajstić information content (AvgIpc) is 3.42. The summed E-state index contributed by atoms with van der Waals surface area (Å²) >= 11 is 0. The second-order valence-corrected chi connectivity index (χ2v) is 11.1. The van der Waals surface area contributed by atoms with E-state index in [0.29, 0.717) is 5.70 Å². The average molecular weight is 564 g/mol. The Kier molecular flexibility index (Phi) is 6.09. The lowest BCUT2D eigenvalue weighted by Crippen LogP contribution is -2.00. The van der Waals surface area contributed by atoms with Gasteiger partial charge in [0.2, 0.25) is 0 Å². The number of nitrogens with zero attached hydrogens (tertiary/aromatic N) is 1. The summed E-state index contributed by atoms with van der Waals surface area (Å²) in [6.45, 7) is 0. The first-order valence-electron chi connectivity index (χ1n) is 14.8. The number of pyridine rings is 1. The van der Waals surface area contributed by atoms with Gasteiger partial charge in [-0.25, -0.2) is 4.98 Å². The molecular weight excluding hydrogens is 534 g/mol. The van der Waals surface area contributed by atoms with Crippen LogP contribution in [0.15, 0.2) is 152 Å². The van der Waals surface area contributed by atoms with Crippen LogP contribution in [0.3, 0.4) is 0 Å². The molecule has 4 N–H and O–H groups in total. The first-order valence-corrected chi connectivity index (χ1v) is 14.8. The zero-order valence-corrected chi connectivity index (χ0v) is 24.0. The monoisotopic (exact) mass is 563 g/mol. The summed E-state index contributed by atoms with van der Waals surface area (Å²) in [5.41, 5.74) is 25.2. The predicted octanol–water partition coefficient (Wildman–Crippen LogP) is 9.81. The Morgan fingerprint density at radius 3 is 1.68 bits per heavy atom. The van der Waals surface area contributed by atoms with Gasteiger partial charge in [-0.2, -0.15) is 0 Å². The summed E-state index contributed by atoms with van der Waals surface area (Å²) < 4.78 is 0. The Hall–Kier alpha value is -5.93. The van der Waals surface area contributed by atoms with Crippen LogP contribution in [-0.2, 0) is 0 Å². The van der Waals surface area contributed by atoms with E-state index in [2.05, 4.69) is 121 Å².